The minimum absolute atomic E-state index is 0.0159. The van der Waals surface area contributed by atoms with Crippen LogP contribution >= 0.6 is 28.1 Å². The minimum atomic E-state index is -0.441. The standard InChI is InChI=1S/C22H20BrN3O3S/c1-14-9-10-19(18(23)11-14)29-13-21(28)24-22(30)26-25-20(27)12-16-7-4-6-15-5-2-3-8-17(15)16/h2-11H,12-13H2,1H3,(H,25,27)(H2,24,26,28,30). The second-order valence-corrected chi connectivity index (χ2v) is 7.85. The summed E-state index contributed by atoms with van der Waals surface area (Å²) in [6.45, 7) is 1.74. The molecule has 0 spiro atoms. The van der Waals surface area contributed by atoms with Crippen LogP contribution in [-0.4, -0.2) is 23.5 Å². The van der Waals surface area contributed by atoms with Crippen LogP contribution in [0.4, 0.5) is 0 Å². The first-order chi connectivity index (χ1) is 14.4. The molecule has 0 radical (unpaired) electrons. The van der Waals surface area contributed by atoms with E-state index in [9.17, 15) is 9.59 Å². The van der Waals surface area contributed by atoms with E-state index in [0.717, 1.165) is 26.4 Å². The van der Waals surface area contributed by atoms with Gasteiger partial charge >= 0.3 is 0 Å². The molecule has 0 atom stereocenters. The number of benzene rings is 3. The van der Waals surface area contributed by atoms with Crippen LogP contribution in [0.5, 0.6) is 5.75 Å². The lowest BCUT2D eigenvalue weighted by Gasteiger charge is -2.12. The first-order valence-electron chi connectivity index (χ1n) is 9.16. The van der Waals surface area contributed by atoms with Crippen molar-refractivity contribution in [3.05, 3.63) is 76.3 Å². The predicted octanol–water partition coefficient (Wildman–Crippen LogP) is 3.55. The van der Waals surface area contributed by atoms with Crippen LogP contribution in [0, 0.1) is 6.92 Å². The van der Waals surface area contributed by atoms with Crippen LogP contribution in [0.25, 0.3) is 10.8 Å². The van der Waals surface area contributed by atoms with E-state index >= 15 is 0 Å². The number of halogens is 1. The molecule has 2 amide bonds. The number of fused-ring (bicyclic) bond motifs is 1. The molecule has 30 heavy (non-hydrogen) atoms. The maximum absolute atomic E-state index is 12.2. The Morgan fingerprint density at radius 1 is 1.00 bits per heavy atom. The third-order valence-corrected chi connectivity index (χ3v) is 5.07. The molecule has 0 saturated carbocycles. The maximum atomic E-state index is 12.2. The Hall–Kier alpha value is -2.97. The van der Waals surface area contributed by atoms with Crippen molar-refractivity contribution in [1.82, 2.24) is 16.2 Å². The van der Waals surface area contributed by atoms with Gasteiger partial charge in [-0.1, -0.05) is 48.5 Å². The van der Waals surface area contributed by atoms with Gasteiger partial charge in [0.25, 0.3) is 5.91 Å². The van der Waals surface area contributed by atoms with Crippen LogP contribution in [0.2, 0.25) is 0 Å². The number of amides is 2. The van der Waals surface area contributed by atoms with Crippen LogP contribution in [0.3, 0.4) is 0 Å². The van der Waals surface area contributed by atoms with Crippen molar-refractivity contribution < 1.29 is 14.3 Å². The third-order valence-electron chi connectivity index (χ3n) is 4.25. The molecule has 0 aliphatic carbocycles. The summed E-state index contributed by atoms with van der Waals surface area (Å²) in [5.74, 6) is -0.163. The summed E-state index contributed by atoms with van der Waals surface area (Å²) in [7, 11) is 0. The summed E-state index contributed by atoms with van der Waals surface area (Å²) in [5.41, 5.74) is 7.01. The summed E-state index contributed by atoms with van der Waals surface area (Å²) in [6.07, 6.45) is 0.176. The lowest BCUT2D eigenvalue weighted by atomic mass is 10.0. The largest absolute Gasteiger partial charge is 0.483 e. The Balaban J connectivity index is 1.44. The Bertz CT molecular complexity index is 1100. The number of hydrogen-bond acceptors (Lipinski definition) is 4. The molecule has 3 N–H and O–H groups in total. The van der Waals surface area contributed by atoms with Gasteiger partial charge < -0.3 is 4.74 Å². The van der Waals surface area contributed by atoms with Crippen molar-refractivity contribution >= 4 is 55.8 Å². The highest BCUT2D eigenvalue weighted by atomic mass is 79.9. The fourth-order valence-corrected chi connectivity index (χ4v) is 3.62. The molecular weight excluding hydrogens is 466 g/mol. The smallest absolute Gasteiger partial charge is 0.264 e. The molecule has 8 heteroatoms. The van der Waals surface area contributed by atoms with Gasteiger partial charge in [0, 0.05) is 0 Å². The molecular formula is C22H20BrN3O3S. The summed E-state index contributed by atoms with van der Waals surface area (Å²) >= 11 is 8.43. The van der Waals surface area contributed by atoms with Gasteiger partial charge in [0.2, 0.25) is 5.91 Å². The Kier molecular flexibility index (Phi) is 7.37. The first-order valence-corrected chi connectivity index (χ1v) is 10.4. The van der Waals surface area contributed by atoms with Gasteiger partial charge in [0.1, 0.15) is 5.75 Å². The highest BCUT2D eigenvalue weighted by Crippen LogP contribution is 2.25. The molecule has 0 heterocycles. The first kappa shape index (κ1) is 21.7. The average molecular weight is 486 g/mol. The number of hydrogen-bond donors (Lipinski definition) is 3. The van der Waals surface area contributed by atoms with E-state index < -0.39 is 5.91 Å². The summed E-state index contributed by atoms with van der Waals surface area (Å²) in [5, 5.41) is 4.53. The molecule has 0 unspecified atom stereocenters. The minimum Gasteiger partial charge on any atom is -0.483 e. The molecule has 154 valence electrons. The van der Waals surface area contributed by atoms with Gasteiger partial charge in [0.05, 0.1) is 10.9 Å². The third kappa shape index (κ3) is 6.01. The van der Waals surface area contributed by atoms with E-state index in [1.807, 2.05) is 61.5 Å². The van der Waals surface area contributed by atoms with Crippen molar-refractivity contribution in [2.45, 2.75) is 13.3 Å². The molecule has 0 fully saturated rings. The highest BCUT2D eigenvalue weighted by molar-refractivity contribution is 9.10. The molecule has 3 rings (SSSR count). The summed E-state index contributed by atoms with van der Waals surface area (Å²) in [4.78, 5) is 24.2. The van der Waals surface area contributed by atoms with E-state index in [4.69, 9.17) is 17.0 Å². The molecule has 0 aliphatic heterocycles. The fourth-order valence-electron chi connectivity index (χ4n) is 2.85. The molecule has 0 aromatic heterocycles. The fraction of sp³-hybridized carbons (Fsp3) is 0.136. The van der Waals surface area contributed by atoms with Crippen LogP contribution in [0.1, 0.15) is 11.1 Å². The van der Waals surface area contributed by atoms with Crippen LogP contribution < -0.4 is 20.9 Å². The second-order valence-electron chi connectivity index (χ2n) is 6.59. The topological polar surface area (TPSA) is 79.5 Å². The monoisotopic (exact) mass is 485 g/mol. The Labute approximate surface area is 188 Å². The number of rotatable bonds is 5. The van der Waals surface area contributed by atoms with Crippen LogP contribution in [-0.2, 0) is 16.0 Å². The molecule has 3 aromatic carbocycles. The van der Waals surface area contributed by atoms with Crippen molar-refractivity contribution in [2.75, 3.05) is 6.61 Å². The zero-order valence-corrected chi connectivity index (χ0v) is 18.6. The van der Waals surface area contributed by atoms with E-state index in [-0.39, 0.29) is 24.0 Å². The zero-order valence-electron chi connectivity index (χ0n) is 16.2. The predicted molar refractivity (Wildman–Crippen MR) is 124 cm³/mol. The van der Waals surface area contributed by atoms with E-state index in [0.29, 0.717) is 5.75 Å². The Morgan fingerprint density at radius 2 is 1.77 bits per heavy atom. The van der Waals surface area contributed by atoms with Crippen LogP contribution in [0.15, 0.2) is 65.1 Å². The SMILES string of the molecule is Cc1ccc(OCC(=O)NC(=S)NNC(=O)Cc2cccc3ccccc23)c(Br)c1. The van der Waals surface area contributed by atoms with Crippen molar-refractivity contribution in [1.29, 1.82) is 0 Å². The average Bonchev–Trinajstić information content (AvgIpc) is 2.72. The number of thiocarbonyl (C=S) groups is 1. The van der Waals surface area contributed by atoms with E-state index in [1.54, 1.807) is 6.07 Å². The van der Waals surface area contributed by atoms with Gasteiger partial charge in [-0.3, -0.25) is 25.8 Å². The lowest BCUT2D eigenvalue weighted by Crippen LogP contribution is -2.49. The van der Waals surface area contributed by atoms with Crippen molar-refractivity contribution in [3.63, 3.8) is 0 Å². The lowest BCUT2D eigenvalue weighted by molar-refractivity contribution is -0.122. The molecule has 6 nitrogen and oxygen atoms in total. The molecule has 3 aromatic rings. The zero-order chi connectivity index (χ0) is 21.5. The van der Waals surface area contributed by atoms with Gasteiger partial charge in [-0.15, -0.1) is 0 Å². The maximum Gasteiger partial charge on any atom is 0.264 e. The number of nitrogens with one attached hydrogen (secondary N) is 3. The quantitative estimate of drug-likeness (QED) is 0.380. The number of aryl methyl sites for hydroxylation is 1. The van der Waals surface area contributed by atoms with Crippen molar-refractivity contribution in [3.8, 4) is 5.75 Å². The molecule has 0 saturated heterocycles. The van der Waals surface area contributed by atoms with Gasteiger partial charge in [-0.05, 0) is 69.1 Å². The van der Waals surface area contributed by atoms with E-state index in [1.165, 1.54) is 0 Å². The van der Waals surface area contributed by atoms with E-state index in [2.05, 4.69) is 32.1 Å². The molecule has 0 bridgehead atoms. The number of ether oxygens (including phenoxy) is 1. The Morgan fingerprint density at radius 3 is 2.57 bits per heavy atom. The summed E-state index contributed by atoms with van der Waals surface area (Å²) in [6, 6.07) is 19.2. The van der Waals surface area contributed by atoms with Gasteiger partial charge in [-0.25, -0.2) is 0 Å². The molecule has 0 aliphatic rings. The van der Waals surface area contributed by atoms with Gasteiger partial charge in [0.15, 0.2) is 11.7 Å². The highest BCUT2D eigenvalue weighted by Gasteiger charge is 2.10. The number of carbonyl (C=O) groups excluding carboxylic acids is 2. The van der Waals surface area contributed by atoms with Crippen molar-refractivity contribution in [2.24, 2.45) is 0 Å². The summed E-state index contributed by atoms with van der Waals surface area (Å²) < 4.78 is 6.23. The normalized spacial score (nSPS) is 10.3. The number of hydrazine groups is 1. The second kappa shape index (κ2) is 10.2. The van der Waals surface area contributed by atoms with Gasteiger partial charge in [-0.2, -0.15) is 0 Å². The number of carbonyl (C=O) groups is 2.